The summed E-state index contributed by atoms with van der Waals surface area (Å²) in [5.74, 6) is -1.58. The zero-order chi connectivity index (χ0) is 20.8. The van der Waals surface area contributed by atoms with Crippen LogP contribution in [-0.4, -0.2) is 30.7 Å². The second-order valence-corrected chi connectivity index (χ2v) is 7.93. The zero-order valence-electron chi connectivity index (χ0n) is 18.0. The maximum atomic E-state index is 11.5. The molecule has 0 atom stereocenters. The Morgan fingerprint density at radius 1 is 0.862 bits per heavy atom. The fourth-order valence-electron chi connectivity index (χ4n) is 3.63. The van der Waals surface area contributed by atoms with Crippen molar-refractivity contribution in [3.63, 3.8) is 0 Å². The number of Topliss-reactive ketones (excluding diaryl/α,β-unsaturated/α-hetero) is 1. The number of hydrogen-bond donors (Lipinski definition) is 1. The minimum absolute atomic E-state index is 0.0385. The largest absolute Gasteiger partial charge is 0.507 e. The molecule has 1 heterocycles. The number of phenols is 1. The topological polar surface area (TPSA) is 65.0 Å². The first kappa shape index (κ1) is 23.8. The summed E-state index contributed by atoms with van der Waals surface area (Å²) in [6.45, 7) is 2.56. The molecule has 1 aromatic carbocycles. The lowest BCUT2D eigenvalue weighted by Crippen LogP contribution is -2.44. The van der Waals surface area contributed by atoms with Crippen molar-refractivity contribution in [2.75, 3.05) is 19.8 Å². The molecule has 0 spiro atoms. The highest BCUT2D eigenvalue weighted by Crippen LogP contribution is 2.36. The standard InChI is InChI=1S/C24H38O5/c1-2-3-4-5-6-7-8-9-10-11-12-15-18-27-24(28-19-21(25)20-29-24)22-16-13-14-17-23(22)26/h13-14,16-17,26H,2-12,15,18-20H2,1H3. The Hall–Kier alpha value is -1.43. The fraction of sp³-hybridized carbons (Fsp3) is 0.708. The molecule has 0 aromatic heterocycles. The number of unbranched alkanes of at least 4 members (excludes halogenated alkanes) is 11. The molecule has 0 radical (unpaired) electrons. The fourth-order valence-corrected chi connectivity index (χ4v) is 3.63. The highest BCUT2D eigenvalue weighted by molar-refractivity contribution is 5.81. The molecule has 164 valence electrons. The number of ketones is 1. The van der Waals surface area contributed by atoms with Crippen LogP contribution in [0.25, 0.3) is 0 Å². The van der Waals surface area contributed by atoms with Crippen molar-refractivity contribution in [1.82, 2.24) is 0 Å². The summed E-state index contributed by atoms with van der Waals surface area (Å²) in [5, 5.41) is 10.2. The molecule has 1 aliphatic heterocycles. The molecule has 0 amide bonds. The van der Waals surface area contributed by atoms with E-state index < -0.39 is 5.97 Å². The highest BCUT2D eigenvalue weighted by atomic mass is 16.9. The second kappa shape index (κ2) is 13.7. The molecule has 1 aliphatic rings. The van der Waals surface area contributed by atoms with E-state index in [1.165, 1.54) is 64.2 Å². The lowest BCUT2D eigenvalue weighted by molar-refractivity contribution is -0.399. The SMILES string of the molecule is CCCCCCCCCCCCCCOC1(c2ccccc2O)OCC(=O)CO1. The summed E-state index contributed by atoms with van der Waals surface area (Å²) in [4.78, 5) is 11.5. The second-order valence-electron chi connectivity index (χ2n) is 7.93. The number of rotatable bonds is 15. The van der Waals surface area contributed by atoms with Gasteiger partial charge in [-0.25, -0.2) is 0 Å². The Balaban J connectivity index is 1.61. The predicted molar refractivity (Wildman–Crippen MR) is 114 cm³/mol. The summed E-state index contributed by atoms with van der Waals surface area (Å²) in [6, 6.07) is 6.78. The van der Waals surface area contributed by atoms with Gasteiger partial charge in [0.2, 0.25) is 0 Å². The van der Waals surface area contributed by atoms with Gasteiger partial charge in [0.25, 0.3) is 0 Å². The van der Waals surface area contributed by atoms with E-state index in [0.29, 0.717) is 12.2 Å². The van der Waals surface area contributed by atoms with Crippen molar-refractivity contribution in [1.29, 1.82) is 0 Å². The highest BCUT2D eigenvalue weighted by Gasteiger charge is 2.42. The van der Waals surface area contributed by atoms with E-state index in [9.17, 15) is 9.90 Å². The first-order valence-corrected chi connectivity index (χ1v) is 11.4. The van der Waals surface area contributed by atoms with Gasteiger partial charge >= 0.3 is 5.97 Å². The minimum Gasteiger partial charge on any atom is -0.507 e. The Labute approximate surface area is 175 Å². The summed E-state index contributed by atoms with van der Waals surface area (Å²) in [7, 11) is 0. The van der Waals surface area contributed by atoms with Crippen LogP contribution in [0.1, 0.15) is 89.5 Å². The number of aromatic hydroxyl groups is 1. The Kier molecular flexibility index (Phi) is 11.3. The van der Waals surface area contributed by atoms with E-state index in [0.717, 1.165) is 12.8 Å². The molecule has 5 heteroatoms. The molecule has 1 aromatic rings. The van der Waals surface area contributed by atoms with Gasteiger partial charge in [-0.05, 0) is 18.6 Å². The number of carbonyl (C=O) groups excluding carboxylic acids is 1. The quantitative estimate of drug-likeness (QED) is 0.371. The first-order valence-electron chi connectivity index (χ1n) is 11.4. The summed E-state index contributed by atoms with van der Waals surface area (Å²) in [6.07, 6.45) is 15.3. The van der Waals surface area contributed by atoms with Crippen LogP contribution in [0.4, 0.5) is 0 Å². The van der Waals surface area contributed by atoms with Gasteiger partial charge < -0.3 is 19.3 Å². The van der Waals surface area contributed by atoms with Crippen molar-refractivity contribution in [2.45, 2.75) is 89.9 Å². The molecule has 1 fully saturated rings. The smallest absolute Gasteiger partial charge is 0.316 e. The lowest BCUT2D eigenvalue weighted by atomic mass is 10.1. The van der Waals surface area contributed by atoms with Crippen LogP contribution in [0.15, 0.2) is 24.3 Å². The number of benzene rings is 1. The van der Waals surface area contributed by atoms with Crippen LogP contribution >= 0.6 is 0 Å². The van der Waals surface area contributed by atoms with E-state index in [2.05, 4.69) is 6.92 Å². The third kappa shape index (κ3) is 8.45. The molecular weight excluding hydrogens is 368 g/mol. The minimum atomic E-state index is -1.49. The maximum absolute atomic E-state index is 11.5. The van der Waals surface area contributed by atoms with Gasteiger partial charge in [0.15, 0.2) is 5.78 Å². The summed E-state index contributed by atoms with van der Waals surface area (Å²) < 4.78 is 17.1. The normalized spacial score (nSPS) is 16.2. The number of hydrogen-bond acceptors (Lipinski definition) is 5. The van der Waals surface area contributed by atoms with Crippen molar-refractivity contribution in [3.05, 3.63) is 29.8 Å². The van der Waals surface area contributed by atoms with Crippen LogP contribution in [0.2, 0.25) is 0 Å². The van der Waals surface area contributed by atoms with Gasteiger partial charge in [0.1, 0.15) is 19.0 Å². The van der Waals surface area contributed by atoms with Gasteiger partial charge in [-0.1, -0.05) is 89.7 Å². The average Bonchev–Trinajstić information content (AvgIpc) is 2.73. The molecule has 2 rings (SSSR count). The van der Waals surface area contributed by atoms with Crippen molar-refractivity contribution < 1.29 is 24.1 Å². The lowest BCUT2D eigenvalue weighted by Gasteiger charge is -2.36. The van der Waals surface area contributed by atoms with Gasteiger partial charge in [-0.3, -0.25) is 4.79 Å². The third-order valence-electron chi connectivity index (χ3n) is 5.37. The summed E-state index contributed by atoms with van der Waals surface area (Å²) >= 11 is 0. The van der Waals surface area contributed by atoms with Crippen LogP contribution in [0.3, 0.4) is 0 Å². The van der Waals surface area contributed by atoms with Crippen LogP contribution in [0, 0.1) is 0 Å². The van der Waals surface area contributed by atoms with Crippen molar-refractivity contribution >= 4 is 5.78 Å². The predicted octanol–water partition coefficient (Wildman–Crippen LogP) is 5.84. The molecule has 0 aliphatic carbocycles. The van der Waals surface area contributed by atoms with Gasteiger partial charge in [0.05, 0.1) is 12.2 Å². The Bertz CT molecular complexity index is 576. The first-order chi connectivity index (χ1) is 14.2. The van der Waals surface area contributed by atoms with E-state index in [-0.39, 0.29) is 24.7 Å². The molecule has 0 unspecified atom stereocenters. The molecule has 29 heavy (non-hydrogen) atoms. The van der Waals surface area contributed by atoms with E-state index >= 15 is 0 Å². The zero-order valence-corrected chi connectivity index (χ0v) is 18.0. The Morgan fingerprint density at radius 3 is 1.93 bits per heavy atom. The molecule has 0 saturated carbocycles. The van der Waals surface area contributed by atoms with Gasteiger partial charge in [0, 0.05) is 0 Å². The van der Waals surface area contributed by atoms with Crippen molar-refractivity contribution in [2.24, 2.45) is 0 Å². The molecule has 5 nitrogen and oxygen atoms in total. The molecule has 0 bridgehead atoms. The maximum Gasteiger partial charge on any atom is 0.316 e. The third-order valence-corrected chi connectivity index (χ3v) is 5.37. The molecular formula is C24H38O5. The Morgan fingerprint density at radius 2 is 1.38 bits per heavy atom. The molecule has 1 N–H and O–H groups in total. The van der Waals surface area contributed by atoms with Gasteiger partial charge in [-0.15, -0.1) is 0 Å². The summed E-state index contributed by atoms with van der Waals surface area (Å²) in [5.41, 5.74) is 0.409. The number of phenolic OH excluding ortho intramolecular Hbond substituents is 1. The van der Waals surface area contributed by atoms with Gasteiger partial charge in [-0.2, -0.15) is 0 Å². The van der Waals surface area contributed by atoms with Crippen LogP contribution < -0.4 is 0 Å². The van der Waals surface area contributed by atoms with E-state index in [1.807, 2.05) is 0 Å². The number of ether oxygens (including phenoxy) is 3. The van der Waals surface area contributed by atoms with E-state index in [1.54, 1.807) is 24.3 Å². The monoisotopic (exact) mass is 406 g/mol. The molecule has 1 saturated heterocycles. The van der Waals surface area contributed by atoms with Crippen LogP contribution in [0.5, 0.6) is 5.75 Å². The number of para-hydroxylation sites is 1. The van der Waals surface area contributed by atoms with Crippen molar-refractivity contribution in [3.8, 4) is 5.75 Å². The number of carbonyl (C=O) groups is 1. The average molecular weight is 407 g/mol. The van der Waals surface area contributed by atoms with Crippen LogP contribution in [-0.2, 0) is 25.0 Å². The van der Waals surface area contributed by atoms with E-state index in [4.69, 9.17) is 14.2 Å².